The minimum atomic E-state index is -0.853. The molecule has 6 nitrogen and oxygen atoms in total. The molecule has 0 heterocycles. The highest BCUT2D eigenvalue weighted by molar-refractivity contribution is 6.34. The van der Waals surface area contributed by atoms with E-state index in [0.29, 0.717) is 22.9 Å². The number of hydrogen-bond acceptors (Lipinski definition) is 4. The van der Waals surface area contributed by atoms with Crippen molar-refractivity contribution in [3.05, 3.63) is 28.2 Å². The van der Waals surface area contributed by atoms with Crippen molar-refractivity contribution in [3.63, 3.8) is 0 Å². The molecule has 0 spiro atoms. The van der Waals surface area contributed by atoms with E-state index in [1.165, 1.54) is 18.2 Å². The van der Waals surface area contributed by atoms with E-state index in [1.807, 2.05) is 0 Å². The van der Waals surface area contributed by atoms with Crippen LogP contribution in [0.1, 0.15) is 25.7 Å². The summed E-state index contributed by atoms with van der Waals surface area (Å²) < 4.78 is 10.2. The summed E-state index contributed by atoms with van der Waals surface area (Å²) in [6.07, 6.45) is 1.21. The van der Waals surface area contributed by atoms with Crippen LogP contribution in [0.5, 0.6) is 5.75 Å². The van der Waals surface area contributed by atoms with Gasteiger partial charge >= 0.3 is 12.2 Å². The Labute approximate surface area is 137 Å². The Bertz CT molecular complexity index is 548. The zero-order valence-corrected chi connectivity index (χ0v) is 13.2. The molecule has 22 heavy (non-hydrogen) atoms. The number of hydrogen-bond donors (Lipinski definition) is 2. The van der Waals surface area contributed by atoms with Crippen molar-refractivity contribution in [2.45, 2.75) is 37.8 Å². The fraction of sp³-hybridized carbons (Fsp3) is 0.429. The third kappa shape index (κ3) is 4.96. The van der Waals surface area contributed by atoms with E-state index >= 15 is 0 Å². The molecule has 0 bridgehead atoms. The highest BCUT2D eigenvalue weighted by Crippen LogP contribution is 2.25. The van der Waals surface area contributed by atoms with E-state index < -0.39 is 18.3 Å². The maximum atomic E-state index is 11.9. The van der Waals surface area contributed by atoms with Crippen LogP contribution in [0.3, 0.4) is 0 Å². The zero-order chi connectivity index (χ0) is 16.1. The van der Waals surface area contributed by atoms with Crippen LogP contribution < -0.4 is 15.8 Å². The normalized spacial score (nSPS) is 21.0. The third-order valence-electron chi connectivity index (χ3n) is 3.32. The van der Waals surface area contributed by atoms with Gasteiger partial charge in [0.15, 0.2) is 0 Å². The summed E-state index contributed by atoms with van der Waals surface area (Å²) in [6, 6.07) is 4.16. The molecule has 1 aliphatic rings. The molecule has 2 rings (SSSR count). The van der Waals surface area contributed by atoms with Gasteiger partial charge in [0.25, 0.3) is 0 Å². The summed E-state index contributed by atoms with van der Waals surface area (Å²) in [5.74, 6) is 0.234. The van der Waals surface area contributed by atoms with E-state index in [-0.39, 0.29) is 11.8 Å². The van der Waals surface area contributed by atoms with E-state index in [2.05, 4.69) is 5.32 Å². The lowest BCUT2D eigenvalue weighted by Gasteiger charge is -2.30. The lowest BCUT2D eigenvalue weighted by molar-refractivity contribution is 0.0585. The fourth-order valence-electron chi connectivity index (χ4n) is 2.43. The molecule has 0 saturated heterocycles. The average Bonchev–Trinajstić information content (AvgIpc) is 2.39. The van der Waals surface area contributed by atoms with Crippen LogP contribution >= 0.6 is 23.2 Å². The van der Waals surface area contributed by atoms with Gasteiger partial charge in [0.1, 0.15) is 11.9 Å². The van der Waals surface area contributed by atoms with Gasteiger partial charge in [-0.2, -0.15) is 0 Å². The average molecular weight is 347 g/mol. The minimum absolute atomic E-state index is 0.234. The highest BCUT2D eigenvalue weighted by Gasteiger charge is 2.29. The largest absolute Gasteiger partial charge is 0.444 e. The van der Waals surface area contributed by atoms with Gasteiger partial charge in [-0.3, -0.25) is 0 Å². The van der Waals surface area contributed by atoms with E-state index in [9.17, 15) is 9.59 Å². The molecule has 2 amide bonds. The smallest absolute Gasteiger partial charge is 0.412 e. The first-order valence-corrected chi connectivity index (χ1v) is 7.60. The maximum absolute atomic E-state index is 11.9. The third-order valence-corrected chi connectivity index (χ3v) is 3.76. The van der Waals surface area contributed by atoms with Crippen LogP contribution in [0.25, 0.3) is 0 Å². The summed E-state index contributed by atoms with van der Waals surface area (Å²) in [6.45, 7) is 0. The molecular formula is C14H16Cl2N2O4. The van der Waals surface area contributed by atoms with Gasteiger partial charge in [0.05, 0.1) is 6.04 Å². The van der Waals surface area contributed by atoms with Crippen molar-refractivity contribution in [2.75, 3.05) is 0 Å². The van der Waals surface area contributed by atoms with Gasteiger partial charge in [-0.05, 0) is 37.5 Å². The van der Waals surface area contributed by atoms with Crippen LogP contribution in [-0.2, 0) is 4.74 Å². The lowest BCUT2D eigenvalue weighted by atomic mass is 9.92. The fourth-order valence-corrected chi connectivity index (χ4v) is 2.93. The molecule has 1 saturated carbocycles. The zero-order valence-electron chi connectivity index (χ0n) is 11.7. The van der Waals surface area contributed by atoms with Crippen LogP contribution in [0, 0.1) is 0 Å². The Morgan fingerprint density at radius 2 is 1.77 bits per heavy atom. The number of carbonyl (C=O) groups excluding carboxylic acids is 2. The van der Waals surface area contributed by atoms with Gasteiger partial charge < -0.3 is 20.5 Å². The topological polar surface area (TPSA) is 90.7 Å². The molecule has 8 heteroatoms. The Kier molecular flexibility index (Phi) is 5.74. The van der Waals surface area contributed by atoms with E-state index in [0.717, 1.165) is 12.8 Å². The van der Waals surface area contributed by atoms with Crippen LogP contribution in [0.2, 0.25) is 10.0 Å². The SMILES string of the molecule is NC(=O)OC1CCCCC1NC(=O)Oc1cc(Cl)cc(Cl)c1. The van der Waals surface area contributed by atoms with Crippen molar-refractivity contribution in [2.24, 2.45) is 5.73 Å². The van der Waals surface area contributed by atoms with Crippen molar-refractivity contribution >= 4 is 35.4 Å². The number of nitrogens with two attached hydrogens (primary N) is 1. The molecule has 3 N–H and O–H groups in total. The second-order valence-electron chi connectivity index (χ2n) is 5.01. The number of primary amides is 1. The van der Waals surface area contributed by atoms with Crippen LogP contribution in [0.15, 0.2) is 18.2 Å². The predicted octanol–water partition coefficient (Wildman–Crippen LogP) is 3.49. The minimum Gasteiger partial charge on any atom is -0.444 e. The molecule has 1 aliphatic carbocycles. The van der Waals surface area contributed by atoms with Crippen molar-refractivity contribution in [1.29, 1.82) is 0 Å². The molecule has 0 aromatic heterocycles. The molecule has 0 aliphatic heterocycles. The first kappa shape index (κ1) is 16.7. The van der Waals surface area contributed by atoms with Crippen molar-refractivity contribution in [1.82, 2.24) is 5.32 Å². The standard InChI is InChI=1S/C14H16Cl2N2O4/c15-8-5-9(16)7-10(6-8)21-14(20)18-11-3-1-2-4-12(11)22-13(17)19/h5-7,11-12H,1-4H2,(H2,17,19)(H,18,20). The van der Waals surface area contributed by atoms with Crippen LogP contribution in [-0.4, -0.2) is 24.3 Å². The van der Waals surface area contributed by atoms with Gasteiger partial charge in [0.2, 0.25) is 0 Å². The van der Waals surface area contributed by atoms with Gasteiger partial charge in [-0.25, -0.2) is 9.59 Å². The Morgan fingerprint density at radius 1 is 1.14 bits per heavy atom. The van der Waals surface area contributed by atoms with Gasteiger partial charge in [0, 0.05) is 10.0 Å². The number of halogens is 2. The molecule has 120 valence electrons. The highest BCUT2D eigenvalue weighted by atomic mass is 35.5. The Balaban J connectivity index is 1.96. The number of ether oxygens (including phenoxy) is 2. The monoisotopic (exact) mass is 346 g/mol. The summed E-state index contributed by atoms with van der Waals surface area (Å²) in [7, 11) is 0. The molecule has 1 aromatic carbocycles. The first-order chi connectivity index (χ1) is 10.4. The van der Waals surface area contributed by atoms with Crippen molar-refractivity contribution in [3.8, 4) is 5.75 Å². The lowest BCUT2D eigenvalue weighted by Crippen LogP contribution is -2.48. The number of carbonyl (C=O) groups is 2. The molecule has 0 radical (unpaired) electrons. The van der Waals surface area contributed by atoms with Crippen LogP contribution in [0.4, 0.5) is 9.59 Å². The van der Waals surface area contributed by atoms with Gasteiger partial charge in [-0.1, -0.05) is 29.6 Å². The van der Waals surface area contributed by atoms with E-state index in [1.54, 1.807) is 0 Å². The summed E-state index contributed by atoms with van der Waals surface area (Å²) in [4.78, 5) is 22.8. The first-order valence-electron chi connectivity index (χ1n) is 6.84. The second-order valence-corrected chi connectivity index (χ2v) is 5.88. The molecule has 2 atom stereocenters. The second kappa shape index (κ2) is 7.56. The summed E-state index contributed by atoms with van der Waals surface area (Å²) in [5.41, 5.74) is 5.04. The van der Waals surface area contributed by atoms with Gasteiger partial charge in [-0.15, -0.1) is 0 Å². The van der Waals surface area contributed by atoms with Crippen molar-refractivity contribution < 1.29 is 19.1 Å². The molecule has 1 fully saturated rings. The quantitative estimate of drug-likeness (QED) is 0.876. The number of rotatable bonds is 3. The molecule has 1 aromatic rings. The number of benzene rings is 1. The Hall–Kier alpha value is -1.66. The molecular weight excluding hydrogens is 331 g/mol. The number of nitrogens with one attached hydrogen (secondary N) is 1. The predicted molar refractivity (Wildman–Crippen MR) is 82.3 cm³/mol. The summed E-state index contributed by atoms with van der Waals surface area (Å²) >= 11 is 11.7. The maximum Gasteiger partial charge on any atom is 0.412 e. The Morgan fingerprint density at radius 3 is 2.41 bits per heavy atom. The molecule has 2 unspecified atom stereocenters. The van der Waals surface area contributed by atoms with E-state index in [4.69, 9.17) is 38.4 Å². The summed E-state index contributed by atoms with van der Waals surface area (Å²) in [5, 5.41) is 3.41. The number of amides is 2.